The van der Waals surface area contributed by atoms with Gasteiger partial charge in [-0.25, -0.2) is 8.42 Å². The fourth-order valence-electron chi connectivity index (χ4n) is 2.80. The SMILES string of the molecule is CCOc1cc(/C=C(/C#N)C(=O)Nc2nc(S(=O)(=O)C(C)C)ns2)ccc1OCc1ccccc1. The average molecular weight is 513 g/mol. The predicted molar refractivity (Wildman–Crippen MR) is 133 cm³/mol. The summed E-state index contributed by atoms with van der Waals surface area (Å²) < 4.78 is 39.7. The van der Waals surface area contributed by atoms with E-state index in [-0.39, 0.29) is 15.9 Å². The van der Waals surface area contributed by atoms with Gasteiger partial charge in [0, 0.05) is 11.5 Å². The second-order valence-electron chi connectivity index (χ2n) is 7.51. The highest BCUT2D eigenvalue weighted by atomic mass is 32.2. The Kier molecular flexibility index (Phi) is 8.57. The monoisotopic (exact) mass is 512 g/mol. The average Bonchev–Trinajstić information content (AvgIpc) is 3.32. The Bertz CT molecular complexity index is 1360. The van der Waals surface area contributed by atoms with Crippen molar-refractivity contribution >= 4 is 38.5 Å². The van der Waals surface area contributed by atoms with Crippen molar-refractivity contribution in [3.8, 4) is 17.6 Å². The van der Waals surface area contributed by atoms with Crippen molar-refractivity contribution in [1.29, 1.82) is 5.26 Å². The predicted octanol–water partition coefficient (Wildman–Crippen LogP) is 4.24. The third-order valence-corrected chi connectivity index (χ3v) is 7.36. The number of carbonyl (C=O) groups is 1. The Morgan fingerprint density at radius 3 is 2.57 bits per heavy atom. The Morgan fingerprint density at radius 2 is 1.91 bits per heavy atom. The Balaban J connectivity index is 1.77. The molecule has 1 aromatic heterocycles. The molecule has 1 amide bonds. The van der Waals surface area contributed by atoms with E-state index in [0.29, 0.717) is 30.3 Å². The summed E-state index contributed by atoms with van der Waals surface area (Å²) in [6.07, 6.45) is 1.39. The molecule has 0 aliphatic heterocycles. The number of ether oxygens (including phenoxy) is 2. The lowest BCUT2D eigenvalue weighted by Crippen LogP contribution is -2.16. The number of aromatic nitrogens is 2. The zero-order valence-electron chi connectivity index (χ0n) is 19.4. The van der Waals surface area contributed by atoms with E-state index in [2.05, 4.69) is 14.7 Å². The summed E-state index contributed by atoms with van der Waals surface area (Å²) in [4.78, 5) is 16.5. The number of benzene rings is 2. The molecule has 1 heterocycles. The first-order chi connectivity index (χ1) is 16.7. The number of sulfone groups is 1. The van der Waals surface area contributed by atoms with E-state index in [1.54, 1.807) is 18.2 Å². The summed E-state index contributed by atoms with van der Waals surface area (Å²) in [5.41, 5.74) is 1.35. The summed E-state index contributed by atoms with van der Waals surface area (Å²) in [6.45, 7) is 5.63. The smallest absolute Gasteiger partial charge is 0.268 e. The number of nitriles is 1. The molecule has 0 saturated heterocycles. The highest BCUT2D eigenvalue weighted by Crippen LogP contribution is 2.30. The van der Waals surface area contributed by atoms with Crippen molar-refractivity contribution in [1.82, 2.24) is 9.36 Å². The van der Waals surface area contributed by atoms with E-state index in [0.717, 1.165) is 17.1 Å². The topological polar surface area (TPSA) is 131 Å². The van der Waals surface area contributed by atoms with Gasteiger partial charge in [-0.15, -0.1) is 0 Å². The van der Waals surface area contributed by atoms with E-state index >= 15 is 0 Å². The van der Waals surface area contributed by atoms with Gasteiger partial charge in [-0.05, 0) is 50.1 Å². The molecule has 35 heavy (non-hydrogen) atoms. The van der Waals surface area contributed by atoms with Crippen LogP contribution in [-0.2, 0) is 21.2 Å². The summed E-state index contributed by atoms with van der Waals surface area (Å²) in [5, 5.41) is 10.9. The highest BCUT2D eigenvalue weighted by molar-refractivity contribution is 7.91. The van der Waals surface area contributed by atoms with Crippen LogP contribution in [0.2, 0.25) is 0 Å². The Hall–Kier alpha value is -3.75. The maximum Gasteiger partial charge on any atom is 0.268 e. The molecule has 1 N–H and O–H groups in total. The van der Waals surface area contributed by atoms with Crippen molar-refractivity contribution < 1.29 is 22.7 Å². The third kappa shape index (κ3) is 6.65. The lowest BCUT2D eigenvalue weighted by atomic mass is 10.1. The van der Waals surface area contributed by atoms with Crippen LogP contribution < -0.4 is 14.8 Å². The first-order valence-corrected chi connectivity index (χ1v) is 13.0. The van der Waals surface area contributed by atoms with Crippen LogP contribution in [0.3, 0.4) is 0 Å². The molecular formula is C24H24N4O5S2. The zero-order chi connectivity index (χ0) is 25.4. The van der Waals surface area contributed by atoms with Gasteiger partial charge in [0.05, 0.1) is 11.9 Å². The second kappa shape index (κ2) is 11.6. The molecule has 0 fully saturated rings. The van der Waals surface area contributed by atoms with Gasteiger partial charge in [0.1, 0.15) is 18.2 Å². The number of anilines is 1. The molecule has 182 valence electrons. The second-order valence-corrected chi connectivity index (χ2v) is 10.7. The fourth-order valence-corrected chi connectivity index (χ4v) is 4.50. The minimum atomic E-state index is -3.67. The van der Waals surface area contributed by atoms with Gasteiger partial charge >= 0.3 is 0 Å². The van der Waals surface area contributed by atoms with Crippen molar-refractivity contribution in [2.75, 3.05) is 11.9 Å². The van der Waals surface area contributed by atoms with Crippen LogP contribution in [0.4, 0.5) is 5.13 Å². The molecule has 0 aliphatic carbocycles. The van der Waals surface area contributed by atoms with E-state index < -0.39 is 21.0 Å². The maximum atomic E-state index is 12.6. The quantitative estimate of drug-likeness (QED) is 0.315. The van der Waals surface area contributed by atoms with Gasteiger partial charge in [-0.1, -0.05) is 36.4 Å². The van der Waals surface area contributed by atoms with Crippen LogP contribution >= 0.6 is 11.5 Å². The van der Waals surface area contributed by atoms with E-state index in [1.165, 1.54) is 19.9 Å². The summed E-state index contributed by atoms with van der Waals surface area (Å²) >= 11 is 0.726. The van der Waals surface area contributed by atoms with Crippen molar-refractivity contribution in [2.24, 2.45) is 0 Å². The molecule has 0 spiro atoms. The fraction of sp³-hybridized carbons (Fsp3) is 0.250. The maximum absolute atomic E-state index is 12.6. The minimum Gasteiger partial charge on any atom is -0.490 e. The highest BCUT2D eigenvalue weighted by Gasteiger charge is 2.25. The number of carbonyl (C=O) groups excluding carboxylic acids is 1. The zero-order valence-corrected chi connectivity index (χ0v) is 21.0. The number of nitrogens with one attached hydrogen (secondary N) is 1. The number of hydrogen-bond acceptors (Lipinski definition) is 9. The molecule has 3 aromatic rings. The summed E-state index contributed by atoms with van der Waals surface area (Å²) in [6, 6.07) is 16.6. The Labute approximate surface area is 208 Å². The van der Waals surface area contributed by atoms with Crippen molar-refractivity contribution in [3.63, 3.8) is 0 Å². The lowest BCUT2D eigenvalue weighted by molar-refractivity contribution is -0.112. The molecule has 0 aliphatic rings. The first kappa shape index (κ1) is 25.9. The van der Waals surface area contributed by atoms with Gasteiger partial charge in [0.15, 0.2) is 11.5 Å². The lowest BCUT2D eigenvalue weighted by Gasteiger charge is -2.13. The van der Waals surface area contributed by atoms with Crippen LogP contribution in [0.15, 0.2) is 59.3 Å². The van der Waals surface area contributed by atoms with Crippen LogP contribution in [0.5, 0.6) is 11.5 Å². The molecule has 0 atom stereocenters. The van der Waals surface area contributed by atoms with Crippen LogP contribution in [0.25, 0.3) is 6.08 Å². The van der Waals surface area contributed by atoms with Crippen molar-refractivity contribution in [3.05, 3.63) is 65.2 Å². The molecule has 0 radical (unpaired) electrons. The number of amides is 1. The van der Waals surface area contributed by atoms with E-state index in [9.17, 15) is 18.5 Å². The molecule has 0 bridgehead atoms. The van der Waals surface area contributed by atoms with Gasteiger partial charge in [0.25, 0.3) is 11.1 Å². The van der Waals surface area contributed by atoms with Gasteiger partial charge in [-0.3, -0.25) is 10.1 Å². The van der Waals surface area contributed by atoms with Crippen LogP contribution in [0, 0.1) is 11.3 Å². The molecule has 11 heteroatoms. The summed E-state index contributed by atoms with van der Waals surface area (Å²) in [7, 11) is -3.67. The number of rotatable bonds is 10. The Morgan fingerprint density at radius 1 is 1.17 bits per heavy atom. The van der Waals surface area contributed by atoms with Crippen LogP contribution in [-0.4, -0.2) is 35.5 Å². The molecule has 9 nitrogen and oxygen atoms in total. The molecule has 2 aromatic carbocycles. The standard InChI is InChI=1S/C24H24N4O5S2/c1-4-32-21-13-18(10-11-20(21)33-15-17-8-6-5-7-9-17)12-19(14-25)22(29)26-23-27-24(28-34-23)35(30,31)16(2)3/h5-13,16H,4,15H2,1-3H3,(H,26,27,28,29)/b19-12-. The number of hydrogen-bond donors (Lipinski definition) is 1. The van der Waals surface area contributed by atoms with Gasteiger partial charge in [-0.2, -0.15) is 14.6 Å². The largest absolute Gasteiger partial charge is 0.490 e. The molecule has 0 unspecified atom stereocenters. The molecular weight excluding hydrogens is 488 g/mol. The first-order valence-electron chi connectivity index (χ1n) is 10.7. The van der Waals surface area contributed by atoms with E-state index in [4.69, 9.17) is 9.47 Å². The van der Waals surface area contributed by atoms with Gasteiger partial charge < -0.3 is 9.47 Å². The van der Waals surface area contributed by atoms with E-state index in [1.807, 2.05) is 43.3 Å². The van der Waals surface area contributed by atoms with Crippen LogP contribution in [0.1, 0.15) is 31.9 Å². The molecule has 3 rings (SSSR count). The third-order valence-electron chi connectivity index (χ3n) is 4.68. The minimum absolute atomic E-state index is 0.0185. The summed E-state index contributed by atoms with van der Waals surface area (Å²) in [5.74, 6) is 0.269. The van der Waals surface area contributed by atoms with Crippen molar-refractivity contribution in [2.45, 2.75) is 37.8 Å². The normalized spacial score (nSPS) is 11.7. The number of nitrogens with zero attached hydrogens (tertiary/aromatic N) is 3. The van der Waals surface area contributed by atoms with Gasteiger partial charge in [0.2, 0.25) is 15.0 Å². The molecule has 0 saturated carbocycles.